The van der Waals surface area contributed by atoms with E-state index in [0.717, 1.165) is 4.90 Å². The molecule has 1 N–H and O–H groups in total. The normalized spacial score (nSPS) is 29.9. The number of anilines is 1. The number of imide groups is 1. The lowest BCUT2D eigenvalue weighted by Gasteiger charge is -2.28. The number of carbonyl (C=O) groups is 3. The maximum atomic E-state index is 13.2. The highest BCUT2D eigenvalue weighted by atomic mass is 19.1. The van der Waals surface area contributed by atoms with Gasteiger partial charge in [-0.2, -0.15) is 0 Å². The van der Waals surface area contributed by atoms with Crippen molar-refractivity contribution < 1.29 is 27.9 Å². The summed E-state index contributed by atoms with van der Waals surface area (Å²) in [6, 6.07) is 7.73. The van der Waals surface area contributed by atoms with E-state index in [1.807, 2.05) is 0 Å². The first-order valence-electron chi connectivity index (χ1n) is 8.41. The van der Waals surface area contributed by atoms with Crippen LogP contribution in [0, 0.1) is 17.7 Å². The number of nitrogens with one attached hydrogen (secondary N) is 1. The minimum Gasteiger partial charge on any atom is -0.468 e. The Bertz CT molecular complexity index is 911. The second kappa shape index (κ2) is 6.02. The van der Waals surface area contributed by atoms with Crippen molar-refractivity contribution >= 4 is 23.5 Å². The van der Waals surface area contributed by atoms with Crippen molar-refractivity contribution in [2.24, 2.45) is 11.8 Å². The molecule has 2 aliphatic rings. The Kier molecular flexibility index (Phi) is 3.88. The molecule has 2 fully saturated rings. The standard InChI is InChI=1S/C19H17FN2O5/c1-19(18(25)26-2)14-13(15(21-19)12-4-3-9-27-12)16(23)22(17(14)24)11-7-5-10(20)6-8-11/h3-9,13-15,21H,1-2H3/t13-,14-,15-,19-/m1/s1. The predicted molar refractivity (Wildman–Crippen MR) is 90.9 cm³/mol. The first-order valence-corrected chi connectivity index (χ1v) is 8.41. The highest BCUT2D eigenvalue weighted by Gasteiger charge is 2.67. The number of rotatable bonds is 3. The third-order valence-electron chi connectivity index (χ3n) is 5.33. The molecule has 0 aliphatic carbocycles. The number of benzene rings is 1. The van der Waals surface area contributed by atoms with Crippen molar-refractivity contribution in [3.05, 3.63) is 54.2 Å². The van der Waals surface area contributed by atoms with Crippen molar-refractivity contribution in [1.82, 2.24) is 5.32 Å². The fraction of sp³-hybridized carbons (Fsp3) is 0.316. The molecule has 2 amide bonds. The van der Waals surface area contributed by atoms with Crippen LogP contribution < -0.4 is 10.2 Å². The number of carbonyl (C=O) groups excluding carboxylic acids is 3. The molecule has 0 radical (unpaired) electrons. The highest BCUT2D eigenvalue weighted by Crippen LogP contribution is 2.49. The van der Waals surface area contributed by atoms with Gasteiger partial charge in [0.1, 0.15) is 17.1 Å². The number of hydrogen-bond acceptors (Lipinski definition) is 6. The molecule has 1 aromatic carbocycles. The molecule has 1 aromatic heterocycles. The van der Waals surface area contributed by atoms with Crippen LogP contribution in [0.5, 0.6) is 0 Å². The average molecular weight is 372 g/mol. The van der Waals surface area contributed by atoms with E-state index in [9.17, 15) is 18.8 Å². The number of ether oxygens (including phenoxy) is 1. The van der Waals surface area contributed by atoms with Crippen molar-refractivity contribution in [2.45, 2.75) is 18.5 Å². The van der Waals surface area contributed by atoms with Gasteiger partial charge in [-0.25, -0.2) is 9.29 Å². The Labute approximate surface area is 154 Å². The van der Waals surface area contributed by atoms with Crippen molar-refractivity contribution in [3.63, 3.8) is 0 Å². The van der Waals surface area contributed by atoms with Gasteiger partial charge < -0.3 is 9.15 Å². The van der Waals surface area contributed by atoms with Gasteiger partial charge in [0.25, 0.3) is 0 Å². The van der Waals surface area contributed by atoms with E-state index >= 15 is 0 Å². The quantitative estimate of drug-likeness (QED) is 0.653. The van der Waals surface area contributed by atoms with Gasteiger partial charge in [-0.15, -0.1) is 0 Å². The van der Waals surface area contributed by atoms with Crippen molar-refractivity contribution in [2.75, 3.05) is 12.0 Å². The van der Waals surface area contributed by atoms with Crippen LogP contribution in [-0.2, 0) is 19.1 Å². The number of methoxy groups -OCH3 is 1. The Balaban J connectivity index is 1.81. The summed E-state index contributed by atoms with van der Waals surface area (Å²) in [4.78, 5) is 39.8. The lowest BCUT2D eigenvalue weighted by Crippen LogP contribution is -2.54. The zero-order valence-corrected chi connectivity index (χ0v) is 14.6. The zero-order chi connectivity index (χ0) is 19.3. The summed E-state index contributed by atoms with van der Waals surface area (Å²) in [5.41, 5.74) is -1.15. The number of amides is 2. The van der Waals surface area contributed by atoms with Gasteiger partial charge in [-0.3, -0.25) is 19.7 Å². The van der Waals surface area contributed by atoms with Gasteiger partial charge in [-0.1, -0.05) is 0 Å². The van der Waals surface area contributed by atoms with E-state index in [4.69, 9.17) is 9.15 Å². The van der Waals surface area contributed by atoms with Gasteiger partial charge in [0.05, 0.1) is 36.9 Å². The first kappa shape index (κ1) is 17.4. The zero-order valence-electron chi connectivity index (χ0n) is 14.6. The second-order valence-corrected chi connectivity index (χ2v) is 6.82. The van der Waals surface area contributed by atoms with Gasteiger partial charge in [0, 0.05) is 0 Å². The van der Waals surface area contributed by atoms with E-state index in [-0.39, 0.29) is 5.69 Å². The van der Waals surface area contributed by atoms with E-state index < -0.39 is 47.0 Å². The molecule has 7 nitrogen and oxygen atoms in total. The molecule has 3 heterocycles. The Morgan fingerprint density at radius 1 is 1.22 bits per heavy atom. The molecule has 27 heavy (non-hydrogen) atoms. The Morgan fingerprint density at radius 3 is 2.52 bits per heavy atom. The molecular formula is C19H17FN2O5. The molecule has 8 heteroatoms. The molecule has 0 saturated carbocycles. The van der Waals surface area contributed by atoms with E-state index in [1.54, 1.807) is 19.1 Å². The van der Waals surface area contributed by atoms with E-state index in [0.29, 0.717) is 5.76 Å². The van der Waals surface area contributed by atoms with Crippen LogP contribution in [0.2, 0.25) is 0 Å². The van der Waals surface area contributed by atoms with Gasteiger partial charge in [0.2, 0.25) is 11.8 Å². The Morgan fingerprint density at radius 2 is 1.93 bits per heavy atom. The fourth-order valence-corrected chi connectivity index (χ4v) is 4.10. The van der Waals surface area contributed by atoms with Crippen LogP contribution in [0.1, 0.15) is 18.7 Å². The molecule has 0 bridgehead atoms. The summed E-state index contributed by atoms with van der Waals surface area (Å²) in [7, 11) is 1.23. The predicted octanol–water partition coefficient (Wildman–Crippen LogP) is 1.80. The second-order valence-electron chi connectivity index (χ2n) is 6.82. The minimum absolute atomic E-state index is 0.256. The van der Waals surface area contributed by atoms with Crippen LogP contribution in [-0.4, -0.2) is 30.4 Å². The van der Waals surface area contributed by atoms with Crippen molar-refractivity contribution in [1.29, 1.82) is 0 Å². The van der Waals surface area contributed by atoms with Crippen molar-refractivity contribution in [3.8, 4) is 0 Å². The number of esters is 1. The van der Waals surface area contributed by atoms with Crippen LogP contribution >= 0.6 is 0 Å². The summed E-state index contributed by atoms with van der Waals surface area (Å²) in [5.74, 6) is -3.51. The molecule has 2 aliphatic heterocycles. The number of nitrogens with zero attached hydrogens (tertiary/aromatic N) is 1. The SMILES string of the molecule is COC(=O)[C@]1(C)N[C@H](c2ccco2)[C@@H]2C(=O)N(c3ccc(F)cc3)C(=O)[C@@H]21. The highest BCUT2D eigenvalue weighted by molar-refractivity contribution is 6.24. The summed E-state index contributed by atoms with van der Waals surface area (Å²) in [6.45, 7) is 1.54. The van der Waals surface area contributed by atoms with Crippen LogP contribution in [0.15, 0.2) is 47.1 Å². The molecule has 4 rings (SSSR count). The third kappa shape index (κ3) is 2.40. The topological polar surface area (TPSA) is 88.8 Å². The average Bonchev–Trinajstić information content (AvgIpc) is 3.34. The number of fused-ring (bicyclic) bond motifs is 1. The van der Waals surface area contributed by atoms with Crippen LogP contribution in [0.4, 0.5) is 10.1 Å². The van der Waals surface area contributed by atoms with Gasteiger partial charge in [0.15, 0.2) is 0 Å². The molecular weight excluding hydrogens is 355 g/mol. The van der Waals surface area contributed by atoms with Crippen LogP contribution in [0.3, 0.4) is 0 Å². The maximum Gasteiger partial charge on any atom is 0.326 e. The molecule has 2 saturated heterocycles. The monoisotopic (exact) mass is 372 g/mol. The van der Waals surface area contributed by atoms with Crippen LogP contribution in [0.25, 0.3) is 0 Å². The number of furan rings is 1. The van der Waals surface area contributed by atoms with E-state index in [2.05, 4.69) is 5.32 Å². The molecule has 2 aromatic rings. The summed E-state index contributed by atoms with van der Waals surface area (Å²) >= 11 is 0. The minimum atomic E-state index is -1.40. The summed E-state index contributed by atoms with van der Waals surface area (Å²) < 4.78 is 23.6. The Hall–Kier alpha value is -3.00. The third-order valence-corrected chi connectivity index (χ3v) is 5.33. The van der Waals surface area contributed by atoms with E-state index in [1.165, 1.54) is 37.6 Å². The molecule has 0 unspecified atom stereocenters. The number of hydrogen-bond donors (Lipinski definition) is 1. The smallest absolute Gasteiger partial charge is 0.326 e. The van der Waals surface area contributed by atoms with Gasteiger partial charge >= 0.3 is 5.97 Å². The number of halogens is 1. The lowest BCUT2D eigenvalue weighted by molar-refractivity contribution is -0.151. The van der Waals surface area contributed by atoms with Gasteiger partial charge in [-0.05, 0) is 43.3 Å². The maximum absolute atomic E-state index is 13.2. The molecule has 140 valence electrons. The molecule has 4 atom stereocenters. The lowest BCUT2D eigenvalue weighted by atomic mass is 9.81. The summed E-state index contributed by atoms with van der Waals surface area (Å²) in [6.07, 6.45) is 1.46. The fourth-order valence-electron chi connectivity index (χ4n) is 4.10. The first-order chi connectivity index (χ1) is 12.9. The largest absolute Gasteiger partial charge is 0.468 e. The molecule has 0 spiro atoms. The summed E-state index contributed by atoms with van der Waals surface area (Å²) in [5, 5.41) is 3.07.